The van der Waals surface area contributed by atoms with Crippen LogP contribution in [0, 0.1) is 6.92 Å². The fraction of sp³-hybridized carbons (Fsp3) is 0.200. The van der Waals surface area contributed by atoms with Crippen LogP contribution in [0.1, 0.15) is 38.9 Å². The molecule has 2 aromatic carbocycles. The molecule has 0 aliphatic heterocycles. The highest BCUT2D eigenvalue weighted by molar-refractivity contribution is 6.07. The van der Waals surface area contributed by atoms with E-state index in [-0.39, 0.29) is 11.8 Å². The predicted molar refractivity (Wildman–Crippen MR) is 124 cm³/mol. The minimum Gasteiger partial charge on any atom is -0.352 e. The molecule has 4 rings (SSSR count). The Morgan fingerprint density at radius 2 is 1.75 bits per heavy atom. The summed E-state index contributed by atoms with van der Waals surface area (Å²) in [5.41, 5.74) is 4.99. The van der Waals surface area contributed by atoms with Crippen molar-refractivity contribution < 1.29 is 9.59 Å². The van der Waals surface area contributed by atoms with E-state index in [4.69, 9.17) is 4.98 Å². The fourth-order valence-electron chi connectivity index (χ4n) is 3.74. The number of fused-ring (bicyclic) bond motifs is 1. The van der Waals surface area contributed by atoms with E-state index in [0.29, 0.717) is 35.6 Å². The maximum Gasteiger partial charge on any atom is 0.252 e. The minimum atomic E-state index is -0.214. The first-order valence-electron chi connectivity index (χ1n) is 10.5. The van der Waals surface area contributed by atoms with Gasteiger partial charge in [-0.15, -0.1) is 0 Å². The summed E-state index contributed by atoms with van der Waals surface area (Å²) < 4.78 is 1.70. The molecule has 0 saturated heterocycles. The standard InChI is InChI=1S/C25H25N5O2/c1-4-26-24(31)19-12-8-9-17(13-19)15-27-25(32)20-14-21(18-10-6-5-7-11-18)28-23-22(20)16(2)29-30(23)3/h5-14H,4,15H2,1-3H3,(H,26,31)(H,27,32). The molecule has 0 atom stereocenters. The van der Waals surface area contributed by atoms with Gasteiger partial charge in [0.15, 0.2) is 5.65 Å². The Balaban J connectivity index is 1.65. The molecule has 2 aromatic heterocycles. The molecule has 0 radical (unpaired) electrons. The first-order chi connectivity index (χ1) is 15.5. The molecule has 0 bridgehead atoms. The lowest BCUT2D eigenvalue weighted by molar-refractivity contribution is 0.0948. The molecule has 0 spiro atoms. The van der Waals surface area contributed by atoms with Gasteiger partial charge >= 0.3 is 0 Å². The molecular weight excluding hydrogens is 402 g/mol. The minimum absolute atomic E-state index is 0.130. The quantitative estimate of drug-likeness (QED) is 0.492. The molecule has 2 heterocycles. The molecule has 0 saturated carbocycles. The van der Waals surface area contributed by atoms with Crippen LogP contribution in [0.5, 0.6) is 0 Å². The third kappa shape index (κ3) is 4.23. The third-order valence-corrected chi connectivity index (χ3v) is 5.26. The van der Waals surface area contributed by atoms with Crippen molar-refractivity contribution in [3.8, 4) is 11.3 Å². The number of pyridine rings is 1. The number of aromatic nitrogens is 3. The maximum absolute atomic E-state index is 13.2. The van der Waals surface area contributed by atoms with Gasteiger partial charge in [-0.05, 0) is 37.6 Å². The summed E-state index contributed by atoms with van der Waals surface area (Å²) in [5, 5.41) is 11.0. The van der Waals surface area contributed by atoms with Crippen LogP contribution in [0.4, 0.5) is 0 Å². The summed E-state index contributed by atoms with van der Waals surface area (Å²) >= 11 is 0. The van der Waals surface area contributed by atoms with E-state index in [0.717, 1.165) is 22.2 Å². The van der Waals surface area contributed by atoms with Gasteiger partial charge in [-0.1, -0.05) is 42.5 Å². The molecule has 0 unspecified atom stereocenters. The molecule has 2 N–H and O–H groups in total. The van der Waals surface area contributed by atoms with Gasteiger partial charge in [0.25, 0.3) is 11.8 Å². The number of nitrogens with one attached hydrogen (secondary N) is 2. The number of carbonyl (C=O) groups excluding carboxylic acids is 2. The summed E-state index contributed by atoms with van der Waals surface area (Å²) in [4.78, 5) is 30.1. The van der Waals surface area contributed by atoms with Crippen LogP contribution in [0.15, 0.2) is 60.7 Å². The molecule has 32 heavy (non-hydrogen) atoms. The fourth-order valence-corrected chi connectivity index (χ4v) is 3.74. The topological polar surface area (TPSA) is 88.9 Å². The van der Waals surface area contributed by atoms with Crippen molar-refractivity contribution in [2.45, 2.75) is 20.4 Å². The summed E-state index contributed by atoms with van der Waals surface area (Å²) in [5.74, 6) is -0.343. The van der Waals surface area contributed by atoms with Crippen LogP contribution in [0.2, 0.25) is 0 Å². The Bertz CT molecular complexity index is 1290. The zero-order valence-electron chi connectivity index (χ0n) is 18.3. The molecular formula is C25H25N5O2. The third-order valence-electron chi connectivity index (χ3n) is 5.26. The lowest BCUT2D eigenvalue weighted by Crippen LogP contribution is -2.25. The average molecular weight is 428 g/mol. The number of benzene rings is 2. The lowest BCUT2D eigenvalue weighted by atomic mass is 10.0. The summed E-state index contributed by atoms with van der Waals surface area (Å²) in [6, 6.07) is 18.8. The van der Waals surface area contributed by atoms with Crippen LogP contribution in [-0.2, 0) is 13.6 Å². The number of hydrogen-bond donors (Lipinski definition) is 2. The smallest absolute Gasteiger partial charge is 0.252 e. The monoisotopic (exact) mass is 427 g/mol. The lowest BCUT2D eigenvalue weighted by Gasteiger charge is -2.10. The second kappa shape index (κ2) is 9.01. The number of rotatable bonds is 6. The number of hydrogen-bond acceptors (Lipinski definition) is 4. The summed E-state index contributed by atoms with van der Waals surface area (Å²) in [6.45, 7) is 4.61. The van der Waals surface area contributed by atoms with Crippen LogP contribution in [0.25, 0.3) is 22.3 Å². The molecule has 2 amide bonds. The number of amides is 2. The van der Waals surface area contributed by atoms with E-state index in [2.05, 4.69) is 15.7 Å². The first kappa shape index (κ1) is 21.2. The van der Waals surface area contributed by atoms with E-state index in [9.17, 15) is 9.59 Å². The molecule has 0 fully saturated rings. The van der Waals surface area contributed by atoms with Crippen molar-refractivity contribution in [2.75, 3.05) is 6.54 Å². The Hall–Kier alpha value is -4.00. The molecule has 0 aliphatic rings. The van der Waals surface area contributed by atoms with Gasteiger partial charge < -0.3 is 10.6 Å². The van der Waals surface area contributed by atoms with Gasteiger partial charge in [0, 0.05) is 31.3 Å². The van der Waals surface area contributed by atoms with Crippen molar-refractivity contribution in [3.63, 3.8) is 0 Å². The second-order valence-electron chi connectivity index (χ2n) is 7.57. The normalized spacial score (nSPS) is 10.8. The largest absolute Gasteiger partial charge is 0.352 e. The molecule has 4 aromatic rings. The average Bonchev–Trinajstić information content (AvgIpc) is 3.11. The number of aryl methyl sites for hydroxylation is 2. The van der Waals surface area contributed by atoms with Gasteiger partial charge in [-0.25, -0.2) is 4.98 Å². The van der Waals surface area contributed by atoms with E-state index < -0.39 is 0 Å². The van der Waals surface area contributed by atoms with E-state index in [1.807, 2.05) is 69.4 Å². The molecule has 7 nitrogen and oxygen atoms in total. The van der Waals surface area contributed by atoms with Crippen molar-refractivity contribution in [3.05, 3.63) is 83.0 Å². The SMILES string of the molecule is CCNC(=O)c1cccc(CNC(=O)c2cc(-c3ccccc3)nc3c2c(C)nn3C)c1. The van der Waals surface area contributed by atoms with E-state index in [1.165, 1.54) is 0 Å². The Labute approximate surface area is 186 Å². The molecule has 162 valence electrons. The molecule has 7 heteroatoms. The van der Waals surface area contributed by atoms with Crippen LogP contribution in [-0.4, -0.2) is 33.1 Å². The Morgan fingerprint density at radius 3 is 2.50 bits per heavy atom. The van der Waals surface area contributed by atoms with Crippen molar-refractivity contribution in [1.29, 1.82) is 0 Å². The zero-order valence-corrected chi connectivity index (χ0v) is 18.3. The van der Waals surface area contributed by atoms with Crippen molar-refractivity contribution >= 4 is 22.8 Å². The highest BCUT2D eigenvalue weighted by Crippen LogP contribution is 2.26. The highest BCUT2D eigenvalue weighted by Gasteiger charge is 2.19. The van der Waals surface area contributed by atoms with Gasteiger partial charge in [0.2, 0.25) is 0 Å². The van der Waals surface area contributed by atoms with Crippen molar-refractivity contribution in [2.24, 2.45) is 7.05 Å². The Morgan fingerprint density at radius 1 is 0.969 bits per heavy atom. The van der Waals surface area contributed by atoms with Gasteiger partial charge in [-0.3, -0.25) is 14.3 Å². The Kier molecular flexibility index (Phi) is 5.98. The maximum atomic E-state index is 13.2. The van der Waals surface area contributed by atoms with Crippen LogP contribution < -0.4 is 10.6 Å². The van der Waals surface area contributed by atoms with E-state index in [1.54, 1.807) is 16.8 Å². The van der Waals surface area contributed by atoms with Crippen LogP contribution in [0.3, 0.4) is 0 Å². The zero-order chi connectivity index (χ0) is 22.7. The summed E-state index contributed by atoms with van der Waals surface area (Å²) in [7, 11) is 1.83. The van der Waals surface area contributed by atoms with E-state index >= 15 is 0 Å². The second-order valence-corrected chi connectivity index (χ2v) is 7.57. The predicted octanol–water partition coefficient (Wildman–Crippen LogP) is 3.62. The molecule has 0 aliphatic carbocycles. The number of carbonyl (C=O) groups is 2. The van der Waals surface area contributed by atoms with Gasteiger partial charge in [0.1, 0.15) is 0 Å². The van der Waals surface area contributed by atoms with Crippen molar-refractivity contribution in [1.82, 2.24) is 25.4 Å². The van der Waals surface area contributed by atoms with Crippen LogP contribution >= 0.6 is 0 Å². The highest BCUT2D eigenvalue weighted by atomic mass is 16.2. The number of nitrogens with zero attached hydrogens (tertiary/aromatic N) is 3. The van der Waals surface area contributed by atoms with Gasteiger partial charge in [0.05, 0.1) is 22.3 Å². The summed E-state index contributed by atoms with van der Waals surface area (Å²) in [6.07, 6.45) is 0. The van der Waals surface area contributed by atoms with Gasteiger partial charge in [-0.2, -0.15) is 5.10 Å². The first-order valence-corrected chi connectivity index (χ1v) is 10.5.